The molecule has 4 rings (SSSR count). The van der Waals surface area contributed by atoms with E-state index in [4.69, 9.17) is 0 Å². The molecule has 0 N–H and O–H groups in total. The summed E-state index contributed by atoms with van der Waals surface area (Å²) in [5.41, 5.74) is 2.62. The lowest BCUT2D eigenvalue weighted by Crippen LogP contribution is -2.26. The van der Waals surface area contributed by atoms with E-state index in [1.54, 1.807) is 11.7 Å². The smallest absolute Gasteiger partial charge is 0.265 e. The van der Waals surface area contributed by atoms with Crippen molar-refractivity contribution in [3.63, 3.8) is 0 Å². The van der Waals surface area contributed by atoms with Gasteiger partial charge in [-0.15, -0.1) is 5.10 Å². The van der Waals surface area contributed by atoms with Crippen LogP contribution in [-0.4, -0.2) is 24.8 Å². The molecular weight excluding hydrogens is 290 g/mol. The highest BCUT2D eigenvalue weighted by molar-refractivity contribution is 5.85. The number of aryl methyl sites for hydroxylation is 2. The van der Waals surface area contributed by atoms with Crippen molar-refractivity contribution in [2.75, 3.05) is 0 Å². The average Bonchev–Trinajstić information content (AvgIpc) is 2.85. The second-order valence-electron chi connectivity index (χ2n) is 5.60. The average molecular weight is 305 g/mol. The summed E-state index contributed by atoms with van der Waals surface area (Å²) in [5.74, 6) is 0. The zero-order valence-electron chi connectivity index (χ0n) is 12.9. The summed E-state index contributed by atoms with van der Waals surface area (Å²) in [4.78, 5) is 12.7. The zero-order valence-corrected chi connectivity index (χ0v) is 12.9. The minimum absolute atomic E-state index is 0.175. The van der Waals surface area contributed by atoms with E-state index < -0.39 is 0 Å². The van der Waals surface area contributed by atoms with Gasteiger partial charge in [0.05, 0.1) is 12.2 Å². The van der Waals surface area contributed by atoms with Crippen LogP contribution in [0.25, 0.3) is 21.8 Å². The number of hydrogen-bond acceptors (Lipinski definition) is 4. The fourth-order valence-corrected chi connectivity index (χ4v) is 2.96. The van der Waals surface area contributed by atoms with Gasteiger partial charge in [-0.2, -0.15) is 5.10 Å². The lowest BCUT2D eigenvalue weighted by Gasteiger charge is -2.07. The monoisotopic (exact) mass is 305 g/mol. The van der Waals surface area contributed by atoms with Crippen molar-refractivity contribution in [2.24, 2.45) is 7.05 Å². The van der Waals surface area contributed by atoms with Crippen LogP contribution in [0.3, 0.4) is 0 Å². The van der Waals surface area contributed by atoms with E-state index in [2.05, 4.69) is 33.6 Å². The lowest BCUT2D eigenvalue weighted by molar-refractivity contribution is 0.598. The first-order valence-corrected chi connectivity index (χ1v) is 7.39. The van der Waals surface area contributed by atoms with Gasteiger partial charge in [0, 0.05) is 7.05 Å². The number of benzene rings is 2. The maximum absolute atomic E-state index is 12.7. The van der Waals surface area contributed by atoms with Crippen molar-refractivity contribution >= 4 is 21.8 Å². The highest BCUT2D eigenvalue weighted by Crippen LogP contribution is 2.19. The Morgan fingerprint density at radius 1 is 1.09 bits per heavy atom. The Hall–Kier alpha value is -3.02. The van der Waals surface area contributed by atoms with Crippen LogP contribution in [0.5, 0.6) is 0 Å². The van der Waals surface area contributed by atoms with Gasteiger partial charge in [-0.1, -0.05) is 47.7 Å². The van der Waals surface area contributed by atoms with Crippen molar-refractivity contribution in [1.29, 1.82) is 0 Å². The molecular formula is C17H15N5O. The van der Waals surface area contributed by atoms with E-state index >= 15 is 0 Å². The van der Waals surface area contributed by atoms with Gasteiger partial charge < -0.3 is 0 Å². The molecule has 6 nitrogen and oxygen atoms in total. The van der Waals surface area contributed by atoms with Crippen molar-refractivity contribution in [3.8, 4) is 0 Å². The fraction of sp³-hybridized carbons (Fsp3) is 0.176. The predicted octanol–water partition coefficient (Wildman–Crippen LogP) is 2.03. The fourth-order valence-electron chi connectivity index (χ4n) is 2.96. The molecule has 0 aliphatic carbocycles. The maximum atomic E-state index is 12.7. The maximum Gasteiger partial charge on any atom is 0.296 e. The molecule has 0 spiro atoms. The summed E-state index contributed by atoms with van der Waals surface area (Å²) < 4.78 is 2.96. The first-order chi connectivity index (χ1) is 11.1. The molecule has 0 aliphatic rings. The first kappa shape index (κ1) is 13.6. The van der Waals surface area contributed by atoms with Crippen LogP contribution < -0.4 is 5.56 Å². The van der Waals surface area contributed by atoms with E-state index in [0.717, 1.165) is 16.3 Å². The van der Waals surface area contributed by atoms with E-state index in [-0.39, 0.29) is 5.56 Å². The van der Waals surface area contributed by atoms with Crippen molar-refractivity contribution in [1.82, 2.24) is 24.8 Å². The molecule has 114 valence electrons. The third kappa shape index (κ3) is 2.11. The Bertz CT molecular complexity index is 1090. The molecule has 2 aromatic heterocycles. The number of rotatable bonds is 2. The Morgan fingerprint density at radius 3 is 2.74 bits per heavy atom. The molecule has 0 bridgehead atoms. The van der Waals surface area contributed by atoms with Crippen LogP contribution in [-0.2, 0) is 13.6 Å². The number of fused-ring (bicyclic) bond motifs is 2. The Labute approximate surface area is 132 Å². The first-order valence-electron chi connectivity index (χ1n) is 7.39. The summed E-state index contributed by atoms with van der Waals surface area (Å²) in [6.45, 7) is 2.21. The van der Waals surface area contributed by atoms with E-state index in [1.165, 1.54) is 4.68 Å². The molecule has 0 unspecified atom stereocenters. The predicted molar refractivity (Wildman–Crippen MR) is 88.4 cm³/mol. The molecule has 2 heterocycles. The third-order valence-corrected chi connectivity index (χ3v) is 4.08. The molecule has 2 aromatic carbocycles. The summed E-state index contributed by atoms with van der Waals surface area (Å²) in [7, 11) is 1.75. The van der Waals surface area contributed by atoms with Crippen LogP contribution in [0.2, 0.25) is 0 Å². The number of nitrogens with zero attached hydrogens (tertiary/aromatic N) is 5. The highest BCUT2D eigenvalue weighted by atomic mass is 16.1. The summed E-state index contributed by atoms with van der Waals surface area (Å²) in [6.07, 6.45) is 0. The van der Waals surface area contributed by atoms with Gasteiger partial charge in [0.1, 0.15) is 5.52 Å². The summed E-state index contributed by atoms with van der Waals surface area (Å²) in [6, 6.07) is 14.2. The number of hydrogen-bond donors (Lipinski definition) is 0. The standard InChI is InChI=1S/C17H15N5O/c1-11-15-16(21(2)19-11)17(23)22(20-18-15)10-13-8-5-7-12-6-3-4-9-14(12)13/h3-9H,10H2,1-2H3. The second kappa shape index (κ2) is 5.01. The minimum Gasteiger partial charge on any atom is -0.265 e. The molecule has 6 heteroatoms. The van der Waals surface area contributed by atoms with Gasteiger partial charge in [-0.25, -0.2) is 4.68 Å². The van der Waals surface area contributed by atoms with Gasteiger partial charge in [-0.05, 0) is 23.3 Å². The molecule has 4 aromatic rings. The Kier molecular flexibility index (Phi) is 2.97. The van der Waals surface area contributed by atoms with Crippen molar-refractivity contribution in [3.05, 3.63) is 64.1 Å². The van der Waals surface area contributed by atoms with Crippen LogP contribution in [0.1, 0.15) is 11.3 Å². The van der Waals surface area contributed by atoms with E-state index in [0.29, 0.717) is 23.3 Å². The van der Waals surface area contributed by atoms with Gasteiger partial charge in [-0.3, -0.25) is 9.48 Å². The molecule has 23 heavy (non-hydrogen) atoms. The zero-order chi connectivity index (χ0) is 16.0. The van der Waals surface area contributed by atoms with Crippen molar-refractivity contribution < 1.29 is 0 Å². The van der Waals surface area contributed by atoms with E-state index in [9.17, 15) is 4.79 Å². The van der Waals surface area contributed by atoms with Gasteiger partial charge in [0.2, 0.25) is 0 Å². The third-order valence-electron chi connectivity index (χ3n) is 4.08. The Balaban J connectivity index is 1.88. The highest BCUT2D eigenvalue weighted by Gasteiger charge is 2.14. The normalized spacial score (nSPS) is 11.4. The molecule has 0 fully saturated rings. The van der Waals surface area contributed by atoms with Crippen LogP contribution in [0, 0.1) is 6.92 Å². The molecule has 0 amide bonds. The molecule has 0 radical (unpaired) electrons. The van der Waals surface area contributed by atoms with Crippen LogP contribution >= 0.6 is 0 Å². The van der Waals surface area contributed by atoms with Crippen LogP contribution in [0.15, 0.2) is 47.3 Å². The second-order valence-corrected chi connectivity index (χ2v) is 5.60. The lowest BCUT2D eigenvalue weighted by atomic mass is 10.0. The quantitative estimate of drug-likeness (QED) is 0.568. The topological polar surface area (TPSA) is 65.6 Å². The van der Waals surface area contributed by atoms with Gasteiger partial charge >= 0.3 is 0 Å². The Morgan fingerprint density at radius 2 is 1.87 bits per heavy atom. The summed E-state index contributed by atoms with van der Waals surface area (Å²) >= 11 is 0. The van der Waals surface area contributed by atoms with Gasteiger partial charge in [0.15, 0.2) is 5.52 Å². The molecule has 0 aliphatic heterocycles. The summed E-state index contributed by atoms with van der Waals surface area (Å²) in [5, 5.41) is 14.8. The molecule has 0 atom stereocenters. The van der Waals surface area contributed by atoms with Crippen molar-refractivity contribution in [2.45, 2.75) is 13.5 Å². The molecule has 0 saturated carbocycles. The number of aromatic nitrogens is 5. The van der Waals surface area contributed by atoms with Gasteiger partial charge in [0.25, 0.3) is 5.56 Å². The van der Waals surface area contributed by atoms with Crippen LogP contribution in [0.4, 0.5) is 0 Å². The SMILES string of the molecule is Cc1nn(C)c2c(=O)n(Cc3cccc4ccccc34)nnc12. The largest absolute Gasteiger partial charge is 0.296 e. The molecule has 0 saturated heterocycles. The van der Waals surface area contributed by atoms with E-state index in [1.807, 2.05) is 31.2 Å². The minimum atomic E-state index is -0.175.